The van der Waals surface area contributed by atoms with E-state index in [0.717, 1.165) is 28.2 Å². The Balaban J connectivity index is 1.50. The van der Waals surface area contributed by atoms with Crippen molar-refractivity contribution in [1.82, 2.24) is 10.3 Å². The molecule has 0 aliphatic carbocycles. The van der Waals surface area contributed by atoms with Gasteiger partial charge in [-0.3, -0.25) is 4.79 Å². The molecule has 3 rings (SSSR count). The number of thioether (sulfide) groups is 1. The molecule has 5 heteroatoms. The molecule has 128 valence electrons. The second kappa shape index (κ2) is 8.53. The summed E-state index contributed by atoms with van der Waals surface area (Å²) in [5.74, 6) is 2.46. The second-order valence-corrected chi connectivity index (χ2v) is 6.65. The van der Waals surface area contributed by atoms with Crippen LogP contribution in [-0.4, -0.2) is 30.3 Å². The summed E-state index contributed by atoms with van der Waals surface area (Å²) in [5, 5.41) is 3.88. The van der Waals surface area contributed by atoms with E-state index >= 15 is 0 Å². The van der Waals surface area contributed by atoms with Crippen molar-refractivity contribution in [2.75, 3.05) is 19.4 Å². The van der Waals surface area contributed by atoms with E-state index in [2.05, 4.69) is 22.4 Å². The number of benzene rings is 2. The van der Waals surface area contributed by atoms with Gasteiger partial charge >= 0.3 is 0 Å². The second-order valence-electron chi connectivity index (χ2n) is 5.55. The Morgan fingerprint density at radius 3 is 2.76 bits per heavy atom. The van der Waals surface area contributed by atoms with Gasteiger partial charge in [0.15, 0.2) is 0 Å². The Morgan fingerprint density at radius 2 is 1.96 bits per heavy atom. The molecule has 1 amide bonds. The van der Waals surface area contributed by atoms with Gasteiger partial charge in [0.05, 0.1) is 12.6 Å². The molecule has 1 N–H and O–H groups in total. The van der Waals surface area contributed by atoms with E-state index in [9.17, 15) is 4.79 Å². The zero-order chi connectivity index (χ0) is 17.5. The summed E-state index contributed by atoms with van der Waals surface area (Å²) in [4.78, 5) is 16.7. The number of pyridine rings is 1. The highest BCUT2D eigenvalue weighted by Gasteiger charge is 2.08. The predicted octanol–water partition coefficient (Wildman–Crippen LogP) is 3.91. The molecule has 0 bridgehead atoms. The van der Waals surface area contributed by atoms with Crippen LogP contribution in [0.1, 0.15) is 16.1 Å². The number of carbonyl (C=O) groups excluding carboxylic acids is 1. The van der Waals surface area contributed by atoms with Crippen molar-refractivity contribution in [3.63, 3.8) is 0 Å². The highest BCUT2D eigenvalue weighted by atomic mass is 32.2. The van der Waals surface area contributed by atoms with Crippen LogP contribution in [0.15, 0.2) is 60.7 Å². The number of rotatable bonds is 7. The third-order valence-corrected chi connectivity index (χ3v) is 4.80. The zero-order valence-electron chi connectivity index (χ0n) is 14.1. The molecule has 0 radical (unpaired) electrons. The zero-order valence-corrected chi connectivity index (χ0v) is 14.9. The minimum Gasteiger partial charge on any atom is -0.497 e. The maximum Gasteiger partial charge on any atom is 0.269 e. The van der Waals surface area contributed by atoms with Gasteiger partial charge in [-0.25, -0.2) is 4.98 Å². The number of ether oxygens (including phenoxy) is 1. The molecule has 0 saturated heterocycles. The molecule has 25 heavy (non-hydrogen) atoms. The van der Waals surface area contributed by atoms with E-state index < -0.39 is 0 Å². The quantitative estimate of drug-likeness (QED) is 0.655. The van der Waals surface area contributed by atoms with Crippen LogP contribution in [0.4, 0.5) is 0 Å². The Bertz CT molecular complexity index is 853. The van der Waals surface area contributed by atoms with Gasteiger partial charge in [-0.1, -0.05) is 36.4 Å². The summed E-state index contributed by atoms with van der Waals surface area (Å²) in [5.41, 5.74) is 2.52. The first-order chi connectivity index (χ1) is 12.3. The maximum atomic E-state index is 12.2. The Morgan fingerprint density at radius 1 is 1.12 bits per heavy atom. The first-order valence-corrected chi connectivity index (χ1v) is 9.26. The van der Waals surface area contributed by atoms with E-state index in [0.29, 0.717) is 12.2 Å². The van der Waals surface area contributed by atoms with Gasteiger partial charge < -0.3 is 10.1 Å². The highest BCUT2D eigenvalue weighted by molar-refractivity contribution is 7.98. The average molecular weight is 352 g/mol. The van der Waals surface area contributed by atoms with Crippen molar-refractivity contribution in [2.45, 2.75) is 5.75 Å². The summed E-state index contributed by atoms with van der Waals surface area (Å²) < 4.78 is 5.20. The van der Waals surface area contributed by atoms with E-state index in [4.69, 9.17) is 4.74 Å². The fraction of sp³-hybridized carbons (Fsp3) is 0.200. The van der Waals surface area contributed by atoms with Crippen molar-refractivity contribution in [3.05, 3.63) is 71.9 Å². The van der Waals surface area contributed by atoms with Crippen LogP contribution >= 0.6 is 11.8 Å². The molecule has 3 aromatic rings. The third-order valence-electron chi connectivity index (χ3n) is 3.77. The van der Waals surface area contributed by atoms with Crippen molar-refractivity contribution in [3.8, 4) is 5.75 Å². The lowest BCUT2D eigenvalue weighted by molar-refractivity contribution is 0.0951. The van der Waals surface area contributed by atoms with Crippen molar-refractivity contribution >= 4 is 28.6 Å². The first kappa shape index (κ1) is 17.3. The topological polar surface area (TPSA) is 51.2 Å². The summed E-state index contributed by atoms with van der Waals surface area (Å²) in [6.45, 7) is 0.624. The lowest BCUT2D eigenvalue weighted by Crippen LogP contribution is -2.26. The lowest BCUT2D eigenvalue weighted by Gasteiger charge is -2.07. The molecule has 4 nitrogen and oxygen atoms in total. The highest BCUT2D eigenvalue weighted by Crippen LogP contribution is 2.19. The number of hydrogen-bond donors (Lipinski definition) is 1. The van der Waals surface area contributed by atoms with E-state index in [1.165, 1.54) is 5.56 Å². The van der Waals surface area contributed by atoms with Crippen LogP contribution < -0.4 is 10.1 Å². The number of nitrogens with one attached hydrogen (secondary N) is 1. The molecular weight excluding hydrogens is 332 g/mol. The van der Waals surface area contributed by atoms with Crippen LogP contribution in [0.3, 0.4) is 0 Å². The minimum atomic E-state index is -0.141. The van der Waals surface area contributed by atoms with Gasteiger partial charge in [-0.2, -0.15) is 11.8 Å². The number of hydrogen-bond acceptors (Lipinski definition) is 4. The molecule has 2 aromatic carbocycles. The van der Waals surface area contributed by atoms with Gasteiger partial charge in [0.2, 0.25) is 0 Å². The fourth-order valence-corrected chi connectivity index (χ4v) is 3.27. The van der Waals surface area contributed by atoms with Gasteiger partial charge in [-0.05, 0) is 29.8 Å². The molecule has 0 aliphatic rings. The van der Waals surface area contributed by atoms with Crippen LogP contribution in [0, 0.1) is 0 Å². The summed E-state index contributed by atoms with van der Waals surface area (Å²) in [6, 6.07) is 19.6. The molecular formula is C20H20N2O2S. The first-order valence-electron chi connectivity index (χ1n) is 8.11. The van der Waals surface area contributed by atoms with Crippen LogP contribution in [0.5, 0.6) is 5.75 Å². The van der Waals surface area contributed by atoms with Crippen molar-refractivity contribution in [1.29, 1.82) is 0 Å². The SMILES string of the molecule is COc1ccc2nc(C(=O)NCCSCc3ccccc3)ccc2c1. The number of amides is 1. The molecule has 0 unspecified atom stereocenters. The summed E-state index contributed by atoms with van der Waals surface area (Å²) in [6.07, 6.45) is 0. The summed E-state index contributed by atoms with van der Waals surface area (Å²) >= 11 is 1.80. The van der Waals surface area contributed by atoms with Crippen molar-refractivity contribution < 1.29 is 9.53 Å². The predicted molar refractivity (Wildman–Crippen MR) is 103 cm³/mol. The Hall–Kier alpha value is -2.53. The molecule has 0 aliphatic heterocycles. The number of methoxy groups -OCH3 is 1. The van der Waals surface area contributed by atoms with Crippen molar-refractivity contribution in [2.24, 2.45) is 0 Å². The van der Waals surface area contributed by atoms with Crippen LogP contribution in [0.25, 0.3) is 10.9 Å². The summed E-state index contributed by atoms with van der Waals surface area (Å²) in [7, 11) is 1.63. The standard InChI is InChI=1S/C20H20N2O2S/c1-24-17-8-10-18-16(13-17)7-9-19(22-18)20(23)21-11-12-25-14-15-5-3-2-4-6-15/h2-10,13H,11-12,14H2,1H3,(H,21,23). The molecule has 0 spiro atoms. The smallest absolute Gasteiger partial charge is 0.269 e. The number of nitrogens with zero attached hydrogens (tertiary/aromatic N) is 1. The van der Waals surface area contributed by atoms with E-state index in [1.54, 1.807) is 24.9 Å². The number of aromatic nitrogens is 1. The Labute approximate surface area is 151 Å². The monoisotopic (exact) mass is 352 g/mol. The van der Waals surface area contributed by atoms with E-state index in [-0.39, 0.29) is 5.91 Å². The molecule has 1 aromatic heterocycles. The van der Waals surface area contributed by atoms with Gasteiger partial charge in [0.1, 0.15) is 11.4 Å². The maximum absolute atomic E-state index is 12.2. The van der Waals surface area contributed by atoms with Crippen LogP contribution in [-0.2, 0) is 5.75 Å². The van der Waals surface area contributed by atoms with Gasteiger partial charge in [-0.15, -0.1) is 0 Å². The molecule has 1 heterocycles. The fourth-order valence-electron chi connectivity index (χ4n) is 2.45. The lowest BCUT2D eigenvalue weighted by atomic mass is 10.2. The third kappa shape index (κ3) is 4.73. The van der Waals surface area contributed by atoms with E-state index in [1.807, 2.05) is 42.5 Å². The van der Waals surface area contributed by atoms with Crippen LogP contribution in [0.2, 0.25) is 0 Å². The van der Waals surface area contributed by atoms with Gasteiger partial charge in [0.25, 0.3) is 5.91 Å². The Kier molecular flexibility index (Phi) is 5.90. The molecule has 0 saturated carbocycles. The number of carbonyl (C=O) groups is 1. The number of fused-ring (bicyclic) bond motifs is 1. The normalized spacial score (nSPS) is 10.6. The average Bonchev–Trinajstić information content (AvgIpc) is 2.67. The minimum absolute atomic E-state index is 0.141. The van der Waals surface area contributed by atoms with Gasteiger partial charge in [0, 0.05) is 23.4 Å². The molecule has 0 fully saturated rings. The molecule has 0 atom stereocenters. The largest absolute Gasteiger partial charge is 0.497 e.